The van der Waals surface area contributed by atoms with Crippen molar-refractivity contribution in [3.05, 3.63) is 70.2 Å². The molecule has 1 nitrogen and oxygen atoms in total. The third-order valence-electron chi connectivity index (χ3n) is 2.94. The van der Waals surface area contributed by atoms with Crippen molar-refractivity contribution in [1.29, 1.82) is 0 Å². The number of aryl methyl sites for hydroxylation is 1. The Morgan fingerprint density at radius 2 is 1.78 bits per heavy atom. The smallest absolute Gasteiger partial charge is 0.0577 e. The molecule has 2 aromatic carbocycles. The maximum atomic E-state index is 6.15. The minimum absolute atomic E-state index is 0.202. The van der Waals surface area contributed by atoms with Crippen LogP contribution in [-0.4, -0.2) is 6.54 Å². The summed E-state index contributed by atoms with van der Waals surface area (Å²) >= 11 is 6.15. The van der Waals surface area contributed by atoms with E-state index in [1.807, 2.05) is 18.2 Å². The Kier molecular flexibility index (Phi) is 4.40. The molecule has 1 unspecified atom stereocenters. The van der Waals surface area contributed by atoms with Gasteiger partial charge in [0.2, 0.25) is 0 Å². The van der Waals surface area contributed by atoms with Gasteiger partial charge < -0.3 is 5.32 Å². The van der Waals surface area contributed by atoms with Crippen LogP contribution in [0.25, 0.3) is 0 Å². The molecular formula is C16H18ClN. The summed E-state index contributed by atoms with van der Waals surface area (Å²) in [6.45, 7) is 5.11. The van der Waals surface area contributed by atoms with Gasteiger partial charge in [0.15, 0.2) is 0 Å². The lowest BCUT2D eigenvalue weighted by atomic mass is 9.97. The fourth-order valence-electron chi connectivity index (χ4n) is 2.21. The minimum Gasteiger partial charge on any atom is -0.307 e. The van der Waals surface area contributed by atoms with Gasteiger partial charge in [-0.3, -0.25) is 0 Å². The van der Waals surface area contributed by atoms with Crippen LogP contribution in [-0.2, 0) is 0 Å². The molecule has 0 aromatic heterocycles. The fraction of sp³-hybridized carbons (Fsp3) is 0.250. The number of benzene rings is 2. The second-order valence-electron chi connectivity index (χ2n) is 4.46. The third-order valence-corrected chi connectivity index (χ3v) is 3.16. The predicted octanol–water partition coefficient (Wildman–Crippen LogP) is 4.35. The van der Waals surface area contributed by atoms with E-state index in [1.165, 1.54) is 16.7 Å². The van der Waals surface area contributed by atoms with Crippen LogP contribution in [0.15, 0.2) is 48.5 Å². The molecule has 0 aliphatic heterocycles. The van der Waals surface area contributed by atoms with E-state index < -0.39 is 0 Å². The highest BCUT2D eigenvalue weighted by Crippen LogP contribution is 2.25. The summed E-state index contributed by atoms with van der Waals surface area (Å²) in [7, 11) is 0. The van der Waals surface area contributed by atoms with Gasteiger partial charge in [-0.05, 0) is 42.3 Å². The van der Waals surface area contributed by atoms with Crippen LogP contribution in [0.1, 0.15) is 29.7 Å². The van der Waals surface area contributed by atoms with Crippen LogP contribution in [0.5, 0.6) is 0 Å². The van der Waals surface area contributed by atoms with Gasteiger partial charge in [-0.15, -0.1) is 0 Å². The van der Waals surface area contributed by atoms with Crippen LogP contribution in [0.2, 0.25) is 5.02 Å². The Morgan fingerprint density at radius 1 is 1.06 bits per heavy atom. The van der Waals surface area contributed by atoms with E-state index in [0.717, 1.165) is 11.6 Å². The van der Waals surface area contributed by atoms with Crippen LogP contribution in [0.4, 0.5) is 0 Å². The van der Waals surface area contributed by atoms with Gasteiger partial charge in [-0.1, -0.05) is 54.9 Å². The normalized spacial score (nSPS) is 12.4. The minimum atomic E-state index is 0.202. The summed E-state index contributed by atoms with van der Waals surface area (Å²) in [5.41, 5.74) is 3.67. The van der Waals surface area contributed by atoms with E-state index in [0.29, 0.717) is 0 Å². The molecule has 2 aromatic rings. The molecule has 0 spiro atoms. The van der Waals surface area contributed by atoms with Gasteiger partial charge in [0.1, 0.15) is 0 Å². The maximum Gasteiger partial charge on any atom is 0.0577 e. The van der Waals surface area contributed by atoms with Gasteiger partial charge in [0.25, 0.3) is 0 Å². The van der Waals surface area contributed by atoms with E-state index in [2.05, 4.69) is 49.5 Å². The van der Waals surface area contributed by atoms with Crippen LogP contribution in [0.3, 0.4) is 0 Å². The third kappa shape index (κ3) is 3.12. The molecule has 94 valence electrons. The van der Waals surface area contributed by atoms with E-state index in [-0.39, 0.29) is 6.04 Å². The van der Waals surface area contributed by atoms with Gasteiger partial charge >= 0.3 is 0 Å². The van der Waals surface area contributed by atoms with Crippen molar-refractivity contribution in [1.82, 2.24) is 5.32 Å². The van der Waals surface area contributed by atoms with Crippen molar-refractivity contribution < 1.29 is 0 Å². The first-order chi connectivity index (χ1) is 8.70. The van der Waals surface area contributed by atoms with Gasteiger partial charge in [-0.25, -0.2) is 0 Å². The molecule has 0 saturated heterocycles. The van der Waals surface area contributed by atoms with Gasteiger partial charge in [-0.2, -0.15) is 0 Å². The Labute approximate surface area is 114 Å². The second-order valence-corrected chi connectivity index (χ2v) is 4.90. The zero-order valence-electron chi connectivity index (χ0n) is 10.8. The van der Waals surface area contributed by atoms with E-state index in [1.54, 1.807) is 0 Å². The summed E-state index contributed by atoms with van der Waals surface area (Å²) < 4.78 is 0. The number of hydrogen-bond acceptors (Lipinski definition) is 1. The topological polar surface area (TPSA) is 12.0 Å². The highest BCUT2D eigenvalue weighted by atomic mass is 35.5. The Bertz CT molecular complexity index is 488. The number of halogens is 1. The average Bonchev–Trinajstić information content (AvgIpc) is 2.36. The summed E-state index contributed by atoms with van der Waals surface area (Å²) in [5.74, 6) is 0. The highest BCUT2D eigenvalue weighted by molar-refractivity contribution is 6.30. The molecule has 0 saturated carbocycles. The largest absolute Gasteiger partial charge is 0.307 e. The van der Waals surface area contributed by atoms with Crippen molar-refractivity contribution in [3.63, 3.8) is 0 Å². The van der Waals surface area contributed by atoms with Crippen molar-refractivity contribution in [2.75, 3.05) is 6.54 Å². The molecule has 0 aliphatic carbocycles. The van der Waals surface area contributed by atoms with Crippen molar-refractivity contribution >= 4 is 11.6 Å². The Balaban J connectivity index is 2.41. The molecule has 2 heteroatoms. The SMILES string of the molecule is CCNC(c1ccccc1)c1cc(C)cc(Cl)c1. The lowest BCUT2D eigenvalue weighted by Crippen LogP contribution is -2.22. The summed E-state index contributed by atoms with van der Waals surface area (Å²) in [5, 5.41) is 4.31. The van der Waals surface area contributed by atoms with Crippen LogP contribution in [0, 0.1) is 6.92 Å². The molecule has 0 heterocycles. The van der Waals surface area contributed by atoms with E-state index in [9.17, 15) is 0 Å². The van der Waals surface area contributed by atoms with Crippen molar-refractivity contribution in [3.8, 4) is 0 Å². The lowest BCUT2D eigenvalue weighted by Gasteiger charge is -2.19. The summed E-state index contributed by atoms with van der Waals surface area (Å²) in [6, 6.07) is 16.9. The second kappa shape index (κ2) is 6.03. The molecule has 1 N–H and O–H groups in total. The molecule has 1 atom stereocenters. The summed E-state index contributed by atoms with van der Waals surface area (Å²) in [4.78, 5) is 0. The molecule has 0 aliphatic rings. The fourth-order valence-corrected chi connectivity index (χ4v) is 2.51. The van der Waals surface area contributed by atoms with Gasteiger partial charge in [0, 0.05) is 5.02 Å². The predicted molar refractivity (Wildman–Crippen MR) is 78.2 cm³/mol. The molecule has 18 heavy (non-hydrogen) atoms. The van der Waals surface area contributed by atoms with Crippen molar-refractivity contribution in [2.24, 2.45) is 0 Å². The number of nitrogens with one attached hydrogen (secondary N) is 1. The monoisotopic (exact) mass is 259 g/mol. The highest BCUT2D eigenvalue weighted by Gasteiger charge is 2.13. The molecular weight excluding hydrogens is 242 g/mol. The standard InChI is InChI=1S/C16H18ClN/c1-3-18-16(13-7-5-4-6-8-13)14-9-12(2)10-15(17)11-14/h4-11,16,18H,3H2,1-2H3. The zero-order chi connectivity index (χ0) is 13.0. The first kappa shape index (κ1) is 13.1. The van der Waals surface area contributed by atoms with E-state index >= 15 is 0 Å². The van der Waals surface area contributed by atoms with Crippen LogP contribution < -0.4 is 5.32 Å². The quantitative estimate of drug-likeness (QED) is 0.861. The van der Waals surface area contributed by atoms with E-state index in [4.69, 9.17) is 11.6 Å². The molecule has 0 amide bonds. The maximum absolute atomic E-state index is 6.15. The first-order valence-electron chi connectivity index (χ1n) is 6.26. The van der Waals surface area contributed by atoms with Crippen LogP contribution >= 0.6 is 11.6 Å². The lowest BCUT2D eigenvalue weighted by molar-refractivity contribution is 0.630. The Morgan fingerprint density at radius 3 is 2.39 bits per heavy atom. The average molecular weight is 260 g/mol. The molecule has 0 fully saturated rings. The number of hydrogen-bond donors (Lipinski definition) is 1. The summed E-state index contributed by atoms with van der Waals surface area (Å²) in [6.07, 6.45) is 0. The molecule has 0 radical (unpaired) electrons. The van der Waals surface area contributed by atoms with Gasteiger partial charge in [0.05, 0.1) is 6.04 Å². The molecule has 0 bridgehead atoms. The Hall–Kier alpha value is -1.31. The molecule has 2 rings (SSSR count). The first-order valence-corrected chi connectivity index (χ1v) is 6.64. The van der Waals surface area contributed by atoms with Crippen molar-refractivity contribution in [2.45, 2.75) is 19.9 Å². The number of rotatable bonds is 4. The zero-order valence-corrected chi connectivity index (χ0v) is 11.5.